The van der Waals surface area contributed by atoms with E-state index in [-0.39, 0.29) is 37.7 Å². The zero-order valence-electron chi connectivity index (χ0n) is 14.7. The van der Waals surface area contributed by atoms with Gasteiger partial charge in [0.05, 0.1) is 44.0 Å². The molecule has 0 spiro atoms. The molecule has 0 saturated heterocycles. The number of nitrogens with one attached hydrogen (secondary N) is 2. The largest absolute Gasteiger partial charge is 0.397 e. The standard InChI is InChI=1S/C16H22I3N3O6/c17-13-9(1-11(27)21-3-7(25)5-23)14(18)16(20)15(19)10(13)2-12(28)22-4-8(26)6-24/h7-8,23-26H,1-6,20H2,(H,21,27)(H,22,28). The lowest BCUT2D eigenvalue weighted by atomic mass is 10.0. The average molecular weight is 733 g/mol. The smallest absolute Gasteiger partial charge is 0.224 e. The Labute approximate surface area is 203 Å². The topological polar surface area (TPSA) is 165 Å². The zero-order valence-corrected chi connectivity index (χ0v) is 21.2. The van der Waals surface area contributed by atoms with E-state index in [4.69, 9.17) is 15.9 Å². The van der Waals surface area contributed by atoms with Gasteiger partial charge in [0.1, 0.15) is 0 Å². The van der Waals surface area contributed by atoms with Crippen molar-refractivity contribution in [1.29, 1.82) is 0 Å². The lowest BCUT2D eigenvalue weighted by Gasteiger charge is -2.18. The normalized spacial score (nSPS) is 13.1. The van der Waals surface area contributed by atoms with Crippen LogP contribution in [0.3, 0.4) is 0 Å². The summed E-state index contributed by atoms with van der Waals surface area (Å²) in [4.78, 5) is 24.4. The van der Waals surface area contributed by atoms with Crippen LogP contribution in [0.25, 0.3) is 0 Å². The Bertz CT molecular complexity index is 664. The summed E-state index contributed by atoms with van der Waals surface area (Å²) in [5.74, 6) is -0.684. The number of amides is 2. The maximum atomic E-state index is 12.2. The summed E-state index contributed by atoms with van der Waals surface area (Å²) in [6.07, 6.45) is -2.05. The fourth-order valence-electron chi connectivity index (χ4n) is 2.15. The first-order valence-electron chi connectivity index (χ1n) is 8.17. The summed E-state index contributed by atoms with van der Waals surface area (Å²) in [5, 5.41) is 41.4. The molecular formula is C16H22I3N3O6. The van der Waals surface area contributed by atoms with Gasteiger partial charge in [0.2, 0.25) is 11.8 Å². The molecule has 1 rings (SSSR count). The number of hydrogen-bond donors (Lipinski definition) is 7. The molecule has 0 saturated carbocycles. The fourth-order valence-corrected chi connectivity index (χ4v) is 6.07. The number of aliphatic hydroxyl groups is 4. The Hall–Kier alpha value is -0.0100. The number of anilines is 1. The van der Waals surface area contributed by atoms with Crippen molar-refractivity contribution in [3.05, 3.63) is 21.8 Å². The van der Waals surface area contributed by atoms with Crippen LogP contribution in [0.5, 0.6) is 0 Å². The molecule has 1 aromatic rings. The van der Waals surface area contributed by atoms with Gasteiger partial charge in [0, 0.05) is 23.8 Å². The number of carbonyl (C=O) groups is 2. The van der Waals surface area contributed by atoms with E-state index in [0.717, 1.165) is 3.57 Å². The van der Waals surface area contributed by atoms with Gasteiger partial charge in [-0.15, -0.1) is 0 Å². The van der Waals surface area contributed by atoms with E-state index in [2.05, 4.69) is 78.4 Å². The highest BCUT2D eigenvalue weighted by Gasteiger charge is 2.22. The summed E-state index contributed by atoms with van der Waals surface area (Å²) in [6, 6.07) is 0. The van der Waals surface area contributed by atoms with Gasteiger partial charge < -0.3 is 36.8 Å². The number of carbonyl (C=O) groups excluding carboxylic acids is 2. The second kappa shape index (κ2) is 12.6. The fraction of sp³-hybridized carbons (Fsp3) is 0.500. The molecule has 0 aliphatic rings. The van der Waals surface area contributed by atoms with Gasteiger partial charge in [-0.1, -0.05) is 0 Å². The van der Waals surface area contributed by atoms with Crippen molar-refractivity contribution < 1.29 is 30.0 Å². The maximum absolute atomic E-state index is 12.2. The molecule has 158 valence electrons. The van der Waals surface area contributed by atoms with Gasteiger partial charge in [-0.3, -0.25) is 9.59 Å². The van der Waals surface area contributed by atoms with E-state index in [0.29, 0.717) is 24.0 Å². The molecule has 12 heteroatoms. The van der Waals surface area contributed by atoms with Crippen molar-refractivity contribution in [2.75, 3.05) is 32.0 Å². The summed E-state index contributed by atoms with van der Waals surface area (Å²) in [7, 11) is 0. The minimum absolute atomic E-state index is 0.00760. The number of aliphatic hydroxyl groups excluding tert-OH is 4. The molecule has 2 atom stereocenters. The molecule has 1 aromatic carbocycles. The molecule has 0 aliphatic heterocycles. The van der Waals surface area contributed by atoms with E-state index in [9.17, 15) is 19.8 Å². The van der Waals surface area contributed by atoms with Gasteiger partial charge in [-0.2, -0.15) is 0 Å². The molecule has 0 aromatic heterocycles. The first kappa shape index (κ1) is 26.0. The summed E-state index contributed by atoms with van der Waals surface area (Å²) in [6.45, 7) is -1.03. The molecular weight excluding hydrogens is 711 g/mol. The number of hydrogen-bond acceptors (Lipinski definition) is 7. The zero-order chi connectivity index (χ0) is 21.4. The monoisotopic (exact) mass is 733 g/mol. The Balaban J connectivity index is 3.01. The van der Waals surface area contributed by atoms with Crippen LogP contribution in [0, 0.1) is 10.7 Å². The van der Waals surface area contributed by atoms with Gasteiger partial charge in [-0.05, 0) is 78.9 Å². The molecule has 0 fully saturated rings. The quantitative estimate of drug-likeness (QED) is 0.121. The highest BCUT2D eigenvalue weighted by molar-refractivity contribution is 14.1. The summed E-state index contributed by atoms with van der Waals surface area (Å²) < 4.78 is 2.16. The van der Waals surface area contributed by atoms with Crippen molar-refractivity contribution in [2.24, 2.45) is 0 Å². The van der Waals surface area contributed by atoms with Crippen molar-refractivity contribution in [3.63, 3.8) is 0 Å². The SMILES string of the molecule is Nc1c(I)c(CC(=O)NCC(O)CO)c(I)c(CC(=O)NCC(O)CO)c1I. The van der Waals surface area contributed by atoms with E-state index >= 15 is 0 Å². The number of nitrogens with two attached hydrogens (primary N) is 1. The highest BCUT2D eigenvalue weighted by atomic mass is 127. The van der Waals surface area contributed by atoms with E-state index < -0.39 is 25.4 Å². The number of benzene rings is 1. The van der Waals surface area contributed by atoms with Crippen molar-refractivity contribution in [3.8, 4) is 0 Å². The molecule has 8 N–H and O–H groups in total. The molecule has 0 heterocycles. The molecule has 0 bridgehead atoms. The van der Waals surface area contributed by atoms with Crippen LogP contribution in [0.2, 0.25) is 0 Å². The molecule has 9 nitrogen and oxygen atoms in total. The third-order valence-electron chi connectivity index (χ3n) is 3.70. The number of nitrogen functional groups attached to an aromatic ring is 1. The average Bonchev–Trinajstić information content (AvgIpc) is 2.68. The third-order valence-corrected chi connectivity index (χ3v) is 7.47. The molecule has 0 aliphatic carbocycles. The number of halogens is 3. The highest BCUT2D eigenvalue weighted by Crippen LogP contribution is 2.34. The second-order valence-corrected chi connectivity index (χ2v) is 9.18. The minimum Gasteiger partial charge on any atom is -0.397 e. The van der Waals surface area contributed by atoms with E-state index in [1.54, 1.807) is 0 Å². The molecule has 2 amide bonds. The summed E-state index contributed by atoms with van der Waals surface area (Å²) >= 11 is 6.18. The van der Waals surface area contributed by atoms with Gasteiger partial charge in [0.15, 0.2) is 0 Å². The van der Waals surface area contributed by atoms with Crippen molar-refractivity contribution in [2.45, 2.75) is 25.0 Å². The van der Waals surface area contributed by atoms with Crippen molar-refractivity contribution >= 4 is 85.3 Å². The summed E-state index contributed by atoms with van der Waals surface area (Å²) in [5.41, 5.74) is 7.98. The molecule has 0 radical (unpaired) electrons. The van der Waals surface area contributed by atoms with E-state index in [1.807, 2.05) is 0 Å². The predicted octanol–water partition coefficient (Wildman–Crippen LogP) is -0.894. The first-order chi connectivity index (χ1) is 13.1. The van der Waals surface area contributed by atoms with Gasteiger partial charge in [-0.25, -0.2) is 0 Å². The first-order valence-corrected chi connectivity index (χ1v) is 11.4. The maximum Gasteiger partial charge on any atom is 0.224 e. The van der Waals surface area contributed by atoms with Crippen LogP contribution in [0.4, 0.5) is 5.69 Å². The Morgan fingerprint density at radius 3 is 1.50 bits per heavy atom. The molecule has 28 heavy (non-hydrogen) atoms. The van der Waals surface area contributed by atoms with Crippen LogP contribution in [0.15, 0.2) is 0 Å². The van der Waals surface area contributed by atoms with Crippen LogP contribution < -0.4 is 16.4 Å². The lowest BCUT2D eigenvalue weighted by Crippen LogP contribution is -2.35. The minimum atomic E-state index is -1.03. The van der Waals surface area contributed by atoms with Crippen molar-refractivity contribution in [1.82, 2.24) is 10.6 Å². The third kappa shape index (κ3) is 7.67. The Morgan fingerprint density at radius 2 is 1.18 bits per heavy atom. The van der Waals surface area contributed by atoms with Gasteiger partial charge >= 0.3 is 0 Å². The van der Waals surface area contributed by atoms with Crippen LogP contribution in [-0.4, -0.2) is 70.8 Å². The second-order valence-electron chi connectivity index (χ2n) is 5.95. The number of rotatable bonds is 10. The van der Waals surface area contributed by atoms with E-state index in [1.165, 1.54) is 0 Å². The molecule has 2 unspecified atom stereocenters. The Kier molecular flexibility index (Phi) is 11.7. The van der Waals surface area contributed by atoms with Gasteiger partial charge in [0.25, 0.3) is 0 Å². The lowest BCUT2D eigenvalue weighted by molar-refractivity contribution is -0.121. The van der Waals surface area contributed by atoms with Crippen LogP contribution >= 0.6 is 67.8 Å². The van der Waals surface area contributed by atoms with Crippen LogP contribution in [0.1, 0.15) is 11.1 Å². The Morgan fingerprint density at radius 1 is 0.821 bits per heavy atom. The predicted molar refractivity (Wildman–Crippen MR) is 129 cm³/mol. The van der Waals surface area contributed by atoms with Crippen LogP contribution in [-0.2, 0) is 22.4 Å².